The van der Waals surface area contributed by atoms with Gasteiger partial charge in [-0.05, 0) is 12.1 Å². The Morgan fingerprint density at radius 2 is 2.31 bits per heavy atom. The van der Waals surface area contributed by atoms with Crippen molar-refractivity contribution in [1.29, 1.82) is 0 Å². The zero-order valence-electron chi connectivity index (χ0n) is 9.34. The summed E-state index contributed by atoms with van der Waals surface area (Å²) in [5, 5.41) is 4.07. The smallest absolute Gasteiger partial charge is 0.223 e. The van der Waals surface area contributed by atoms with Crippen molar-refractivity contribution in [2.45, 2.75) is 20.3 Å². The average molecular weight is 218 g/mol. The quantitative estimate of drug-likeness (QED) is 0.827. The van der Waals surface area contributed by atoms with E-state index in [2.05, 4.69) is 10.1 Å². The van der Waals surface area contributed by atoms with E-state index in [1.165, 1.54) is 6.33 Å². The van der Waals surface area contributed by atoms with E-state index in [0.717, 1.165) is 11.2 Å². The van der Waals surface area contributed by atoms with E-state index in [-0.39, 0.29) is 5.91 Å². The van der Waals surface area contributed by atoms with Crippen LogP contribution in [0.3, 0.4) is 0 Å². The molecule has 0 bridgehead atoms. The molecule has 16 heavy (non-hydrogen) atoms. The van der Waals surface area contributed by atoms with E-state index in [1.807, 2.05) is 32.2 Å². The highest BCUT2D eigenvalue weighted by Crippen LogP contribution is 2.22. The van der Waals surface area contributed by atoms with E-state index < -0.39 is 5.41 Å². The molecule has 5 nitrogen and oxygen atoms in total. The van der Waals surface area contributed by atoms with Gasteiger partial charge in [-0.2, -0.15) is 5.10 Å². The van der Waals surface area contributed by atoms with Gasteiger partial charge in [0.25, 0.3) is 0 Å². The van der Waals surface area contributed by atoms with Gasteiger partial charge < -0.3 is 5.73 Å². The molecule has 2 N–H and O–H groups in total. The van der Waals surface area contributed by atoms with E-state index in [9.17, 15) is 4.79 Å². The molecular formula is C11H14N4O. The molecule has 0 aliphatic carbocycles. The fraction of sp³-hybridized carbons (Fsp3) is 0.364. The van der Waals surface area contributed by atoms with Crippen LogP contribution in [-0.4, -0.2) is 20.5 Å². The number of amides is 1. The minimum absolute atomic E-state index is 0.323. The van der Waals surface area contributed by atoms with Crippen molar-refractivity contribution in [2.24, 2.45) is 11.1 Å². The lowest BCUT2D eigenvalue weighted by atomic mass is 9.87. The number of carbonyl (C=O) groups is 1. The molecule has 5 heteroatoms. The molecular weight excluding hydrogens is 204 g/mol. The molecule has 0 unspecified atom stereocenters. The lowest BCUT2D eigenvalue weighted by molar-refractivity contribution is -0.125. The largest absolute Gasteiger partial charge is 0.369 e. The van der Waals surface area contributed by atoms with Gasteiger partial charge in [-0.15, -0.1) is 0 Å². The van der Waals surface area contributed by atoms with Crippen LogP contribution >= 0.6 is 0 Å². The van der Waals surface area contributed by atoms with Crippen LogP contribution < -0.4 is 5.73 Å². The molecule has 0 spiro atoms. The molecule has 0 aromatic carbocycles. The molecule has 2 rings (SSSR count). The number of fused-ring (bicyclic) bond motifs is 1. The van der Waals surface area contributed by atoms with E-state index >= 15 is 0 Å². The van der Waals surface area contributed by atoms with Crippen LogP contribution in [0.1, 0.15) is 19.5 Å². The summed E-state index contributed by atoms with van der Waals surface area (Å²) in [4.78, 5) is 15.5. The summed E-state index contributed by atoms with van der Waals surface area (Å²) in [5.74, 6) is -0.323. The number of rotatable bonds is 3. The second-order valence-electron chi connectivity index (χ2n) is 4.47. The van der Waals surface area contributed by atoms with Gasteiger partial charge in [0.15, 0.2) is 0 Å². The monoisotopic (exact) mass is 218 g/mol. The summed E-state index contributed by atoms with van der Waals surface area (Å²) in [6.07, 6.45) is 3.84. The van der Waals surface area contributed by atoms with E-state index in [0.29, 0.717) is 6.42 Å². The molecule has 0 saturated heterocycles. The number of nitrogens with two attached hydrogens (primary N) is 1. The third-order valence-corrected chi connectivity index (χ3v) is 2.69. The molecule has 0 aliphatic rings. The Bertz CT molecular complexity index is 530. The van der Waals surface area contributed by atoms with Crippen molar-refractivity contribution in [2.75, 3.05) is 0 Å². The van der Waals surface area contributed by atoms with Crippen LogP contribution in [0.25, 0.3) is 5.52 Å². The molecule has 0 fully saturated rings. The summed E-state index contributed by atoms with van der Waals surface area (Å²) in [7, 11) is 0. The van der Waals surface area contributed by atoms with Crippen LogP contribution in [0.4, 0.5) is 0 Å². The first-order valence-corrected chi connectivity index (χ1v) is 5.08. The Morgan fingerprint density at radius 1 is 1.56 bits per heavy atom. The van der Waals surface area contributed by atoms with Gasteiger partial charge in [0.05, 0.1) is 11.2 Å². The van der Waals surface area contributed by atoms with E-state index in [4.69, 9.17) is 5.73 Å². The second kappa shape index (κ2) is 3.59. The summed E-state index contributed by atoms with van der Waals surface area (Å²) >= 11 is 0. The zero-order valence-corrected chi connectivity index (χ0v) is 9.34. The highest BCUT2D eigenvalue weighted by Gasteiger charge is 2.26. The second-order valence-corrected chi connectivity index (χ2v) is 4.47. The Balaban J connectivity index is 2.41. The number of primary amides is 1. The molecule has 0 atom stereocenters. The van der Waals surface area contributed by atoms with Crippen molar-refractivity contribution < 1.29 is 4.79 Å². The summed E-state index contributed by atoms with van der Waals surface area (Å²) in [6.45, 7) is 3.63. The van der Waals surface area contributed by atoms with Gasteiger partial charge >= 0.3 is 0 Å². The maximum Gasteiger partial charge on any atom is 0.223 e. The highest BCUT2D eigenvalue weighted by molar-refractivity contribution is 5.80. The average Bonchev–Trinajstić information content (AvgIpc) is 2.65. The lowest BCUT2D eigenvalue weighted by Crippen LogP contribution is -2.33. The van der Waals surface area contributed by atoms with Crippen molar-refractivity contribution in [3.8, 4) is 0 Å². The zero-order chi connectivity index (χ0) is 11.8. The van der Waals surface area contributed by atoms with Gasteiger partial charge in [-0.25, -0.2) is 9.50 Å². The standard InChI is InChI=1S/C11H14N4O/c1-11(2,10(12)16)6-8-9-4-3-5-15(9)14-7-13-8/h3-5,7H,6H2,1-2H3,(H2,12,16). The molecule has 2 aromatic heterocycles. The molecule has 0 saturated carbocycles. The number of carbonyl (C=O) groups excluding carboxylic acids is 1. The van der Waals surface area contributed by atoms with Crippen LogP contribution in [0.15, 0.2) is 24.7 Å². The van der Waals surface area contributed by atoms with Crippen LogP contribution in [0, 0.1) is 5.41 Å². The van der Waals surface area contributed by atoms with Gasteiger partial charge in [-0.3, -0.25) is 4.79 Å². The first kappa shape index (κ1) is 10.6. The van der Waals surface area contributed by atoms with Crippen molar-refractivity contribution in [1.82, 2.24) is 14.6 Å². The minimum Gasteiger partial charge on any atom is -0.369 e. The molecule has 2 heterocycles. The lowest BCUT2D eigenvalue weighted by Gasteiger charge is -2.19. The Labute approximate surface area is 93.3 Å². The molecule has 84 valence electrons. The van der Waals surface area contributed by atoms with Crippen molar-refractivity contribution >= 4 is 11.4 Å². The normalized spacial score (nSPS) is 11.9. The van der Waals surface area contributed by atoms with Crippen LogP contribution in [0.2, 0.25) is 0 Å². The molecule has 2 aromatic rings. The van der Waals surface area contributed by atoms with Crippen molar-refractivity contribution in [3.63, 3.8) is 0 Å². The van der Waals surface area contributed by atoms with Gasteiger partial charge in [-0.1, -0.05) is 13.8 Å². The third kappa shape index (κ3) is 1.76. The Hall–Kier alpha value is -1.91. The van der Waals surface area contributed by atoms with Gasteiger partial charge in [0, 0.05) is 18.0 Å². The maximum atomic E-state index is 11.3. The summed E-state index contributed by atoms with van der Waals surface area (Å²) < 4.78 is 1.74. The fourth-order valence-corrected chi connectivity index (χ4v) is 1.56. The van der Waals surface area contributed by atoms with Crippen LogP contribution in [0.5, 0.6) is 0 Å². The molecule has 1 amide bonds. The predicted octanol–water partition coefficient (Wildman–Crippen LogP) is 0.783. The fourth-order valence-electron chi connectivity index (χ4n) is 1.56. The number of hydrogen-bond donors (Lipinski definition) is 1. The predicted molar refractivity (Wildman–Crippen MR) is 59.7 cm³/mol. The molecule has 0 radical (unpaired) electrons. The van der Waals surface area contributed by atoms with Crippen molar-refractivity contribution in [3.05, 3.63) is 30.4 Å². The third-order valence-electron chi connectivity index (χ3n) is 2.69. The maximum absolute atomic E-state index is 11.3. The topological polar surface area (TPSA) is 73.3 Å². The first-order chi connectivity index (χ1) is 7.50. The van der Waals surface area contributed by atoms with E-state index in [1.54, 1.807) is 4.52 Å². The molecule has 0 aliphatic heterocycles. The first-order valence-electron chi connectivity index (χ1n) is 5.08. The number of hydrogen-bond acceptors (Lipinski definition) is 3. The van der Waals surface area contributed by atoms with Gasteiger partial charge in [0.2, 0.25) is 5.91 Å². The minimum atomic E-state index is -0.598. The summed E-state index contributed by atoms with van der Waals surface area (Å²) in [6, 6.07) is 3.82. The summed E-state index contributed by atoms with van der Waals surface area (Å²) in [5.41, 5.74) is 6.50. The van der Waals surface area contributed by atoms with Gasteiger partial charge in [0.1, 0.15) is 6.33 Å². The highest BCUT2D eigenvalue weighted by atomic mass is 16.1. The SMILES string of the molecule is CC(C)(Cc1ncnn2cccc12)C(N)=O. The Morgan fingerprint density at radius 3 is 3.00 bits per heavy atom. The number of nitrogens with zero attached hydrogens (tertiary/aromatic N) is 3. The van der Waals surface area contributed by atoms with Crippen LogP contribution in [-0.2, 0) is 11.2 Å². The number of aromatic nitrogens is 3. The Kier molecular flexibility index (Phi) is 2.38.